The maximum absolute atomic E-state index is 13.3. The van der Waals surface area contributed by atoms with Crippen LogP contribution in [0.2, 0.25) is 0 Å². The number of likely N-dealkylation sites (tertiary alicyclic amines) is 1. The number of carbonyl (C=O) groups excluding carboxylic acids is 2. The van der Waals surface area contributed by atoms with Gasteiger partial charge in [-0.1, -0.05) is 13.3 Å². The van der Waals surface area contributed by atoms with Gasteiger partial charge >= 0.3 is 0 Å². The molecule has 0 aromatic heterocycles. The molecule has 3 aliphatic heterocycles. The molecule has 3 heterocycles. The highest BCUT2D eigenvalue weighted by molar-refractivity contribution is 8.00. The molecule has 1 N–H and O–H groups in total. The summed E-state index contributed by atoms with van der Waals surface area (Å²) >= 11 is 1.38. The molecule has 2 atom stereocenters. The largest absolute Gasteiger partial charge is 0.353 e. The van der Waals surface area contributed by atoms with E-state index < -0.39 is 10.0 Å². The summed E-state index contributed by atoms with van der Waals surface area (Å²) < 4.78 is 28.1. The van der Waals surface area contributed by atoms with Crippen LogP contribution in [0.3, 0.4) is 0 Å². The third kappa shape index (κ3) is 6.03. The summed E-state index contributed by atoms with van der Waals surface area (Å²) in [5.41, 5.74) is 0.506. The second-order valence-corrected chi connectivity index (χ2v) is 13.2. The summed E-state index contributed by atoms with van der Waals surface area (Å²) in [7, 11) is -3.65. The van der Waals surface area contributed by atoms with Gasteiger partial charge in [0.05, 0.1) is 16.3 Å². The molecule has 4 rings (SSSR count). The fourth-order valence-electron chi connectivity index (χ4n) is 5.33. The van der Waals surface area contributed by atoms with Crippen molar-refractivity contribution in [2.45, 2.75) is 74.7 Å². The van der Waals surface area contributed by atoms with Crippen LogP contribution >= 0.6 is 11.8 Å². The number of anilines is 1. The van der Waals surface area contributed by atoms with Gasteiger partial charge in [0.2, 0.25) is 21.8 Å². The molecule has 2 amide bonds. The molecule has 2 saturated heterocycles. The molecule has 0 radical (unpaired) electrons. The van der Waals surface area contributed by atoms with E-state index in [0.29, 0.717) is 43.3 Å². The number of hydrogen-bond acceptors (Lipinski definition) is 6. The Morgan fingerprint density at radius 3 is 2.46 bits per heavy atom. The maximum Gasteiger partial charge on any atom is 0.243 e. The van der Waals surface area contributed by atoms with Crippen LogP contribution in [0.25, 0.3) is 0 Å². The van der Waals surface area contributed by atoms with Crippen LogP contribution in [0.4, 0.5) is 5.69 Å². The number of piperidine rings is 2. The summed E-state index contributed by atoms with van der Waals surface area (Å²) in [6.07, 6.45) is 5.29. The van der Waals surface area contributed by atoms with E-state index in [2.05, 4.69) is 31.0 Å². The van der Waals surface area contributed by atoms with Crippen molar-refractivity contribution < 1.29 is 18.0 Å². The SMILES string of the molecule is CC1CCN(S(=O)(=O)c2ccc3c(c2)N(CC(=O)NCCN2[C@H](C)CCC[C@@H]2C)C(=O)CS3)CC1. The van der Waals surface area contributed by atoms with Crippen LogP contribution in [0.5, 0.6) is 0 Å². The molecule has 0 aliphatic carbocycles. The highest BCUT2D eigenvalue weighted by atomic mass is 32.2. The first-order chi connectivity index (χ1) is 16.7. The van der Waals surface area contributed by atoms with Gasteiger partial charge in [-0.15, -0.1) is 11.8 Å². The average molecular weight is 523 g/mol. The lowest BCUT2D eigenvalue weighted by molar-refractivity contribution is -0.123. The van der Waals surface area contributed by atoms with Gasteiger partial charge < -0.3 is 10.2 Å². The van der Waals surface area contributed by atoms with Gasteiger partial charge in [0.1, 0.15) is 6.54 Å². The molecule has 0 spiro atoms. The number of carbonyl (C=O) groups is 2. The Bertz CT molecular complexity index is 1030. The summed E-state index contributed by atoms with van der Waals surface area (Å²) in [4.78, 5) is 30.4. The van der Waals surface area contributed by atoms with Crippen LogP contribution in [0.1, 0.15) is 52.9 Å². The number of sulfonamides is 1. The average Bonchev–Trinajstić information content (AvgIpc) is 2.83. The van der Waals surface area contributed by atoms with Crippen molar-refractivity contribution in [2.24, 2.45) is 5.92 Å². The number of thioether (sulfide) groups is 1. The molecular weight excluding hydrogens is 484 g/mol. The lowest BCUT2D eigenvalue weighted by Gasteiger charge is -2.39. The van der Waals surface area contributed by atoms with E-state index in [1.165, 1.54) is 40.2 Å². The minimum absolute atomic E-state index is 0.109. The second-order valence-electron chi connectivity index (χ2n) is 10.2. The van der Waals surface area contributed by atoms with Gasteiger partial charge in [-0.2, -0.15) is 4.31 Å². The number of hydrogen-bond donors (Lipinski definition) is 1. The van der Waals surface area contributed by atoms with Gasteiger partial charge in [0.25, 0.3) is 0 Å². The first kappa shape index (κ1) is 26.4. The van der Waals surface area contributed by atoms with E-state index >= 15 is 0 Å². The standard InChI is InChI=1S/C25H38N4O4S2/c1-18-9-12-27(13-10-18)35(32,33)21-7-8-23-22(15-21)29(25(31)17-34-23)16-24(30)26-11-14-28-19(2)5-4-6-20(28)3/h7-8,15,18-20H,4-6,9-14,16-17H2,1-3H3,(H,26,30)/t19-,20+. The zero-order chi connectivity index (χ0) is 25.2. The maximum atomic E-state index is 13.3. The zero-order valence-electron chi connectivity index (χ0n) is 21.0. The normalized spacial score (nSPS) is 24.9. The van der Waals surface area contributed by atoms with Crippen LogP contribution in [-0.4, -0.2) is 80.0 Å². The summed E-state index contributed by atoms with van der Waals surface area (Å²) in [5.74, 6) is 0.345. The van der Waals surface area contributed by atoms with E-state index in [0.717, 1.165) is 24.3 Å². The van der Waals surface area contributed by atoms with E-state index in [1.807, 2.05) is 0 Å². The second kappa shape index (κ2) is 11.2. The summed E-state index contributed by atoms with van der Waals surface area (Å²) in [6.45, 7) is 8.82. The van der Waals surface area contributed by atoms with Crippen LogP contribution in [-0.2, 0) is 19.6 Å². The first-order valence-electron chi connectivity index (χ1n) is 12.8. The van der Waals surface area contributed by atoms with Crippen molar-refractivity contribution in [3.63, 3.8) is 0 Å². The van der Waals surface area contributed by atoms with Gasteiger partial charge in [-0.3, -0.25) is 14.5 Å². The Kier molecular flexibility index (Phi) is 8.45. The topological polar surface area (TPSA) is 90.0 Å². The number of amides is 2. The van der Waals surface area contributed by atoms with E-state index in [1.54, 1.807) is 18.2 Å². The number of fused-ring (bicyclic) bond motifs is 1. The molecule has 0 bridgehead atoms. The highest BCUT2D eigenvalue weighted by Crippen LogP contribution is 2.37. The predicted octanol–water partition coefficient (Wildman–Crippen LogP) is 2.93. The van der Waals surface area contributed by atoms with Crippen molar-refractivity contribution in [3.05, 3.63) is 18.2 Å². The van der Waals surface area contributed by atoms with E-state index in [4.69, 9.17) is 0 Å². The molecule has 1 aromatic rings. The van der Waals surface area contributed by atoms with E-state index in [9.17, 15) is 18.0 Å². The first-order valence-corrected chi connectivity index (χ1v) is 15.2. The zero-order valence-corrected chi connectivity index (χ0v) is 22.7. The van der Waals surface area contributed by atoms with E-state index in [-0.39, 0.29) is 29.0 Å². The molecule has 3 aliphatic rings. The minimum Gasteiger partial charge on any atom is -0.353 e. The van der Waals surface area contributed by atoms with Crippen LogP contribution in [0, 0.1) is 5.92 Å². The number of nitrogens with zero attached hydrogens (tertiary/aromatic N) is 3. The summed E-state index contributed by atoms with van der Waals surface area (Å²) in [6, 6.07) is 5.96. The molecule has 8 nitrogen and oxygen atoms in total. The quantitative estimate of drug-likeness (QED) is 0.592. The Morgan fingerprint density at radius 1 is 1.09 bits per heavy atom. The number of nitrogens with one attached hydrogen (secondary N) is 1. The molecule has 0 unspecified atom stereocenters. The van der Waals surface area contributed by atoms with Crippen molar-refractivity contribution in [1.29, 1.82) is 0 Å². The fourth-order valence-corrected chi connectivity index (χ4v) is 7.74. The van der Waals surface area contributed by atoms with Crippen molar-refractivity contribution in [3.8, 4) is 0 Å². The Labute approximate surface area is 213 Å². The van der Waals surface area contributed by atoms with Gasteiger partial charge in [-0.05, 0) is 63.6 Å². The van der Waals surface area contributed by atoms with Crippen molar-refractivity contribution >= 4 is 39.3 Å². The molecular formula is C25H38N4O4S2. The smallest absolute Gasteiger partial charge is 0.243 e. The predicted molar refractivity (Wildman–Crippen MR) is 139 cm³/mol. The summed E-state index contributed by atoms with van der Waals surface area (Å²) in [5, 5.41) is 2.96. The Hall–Kier alpha value is -1.62. The van der Waals surface area contributed by atoms with Crippen LogP contribution in [0.15, 0.2) is 28.0 Å². The lowest BCUT2D eigenvalue weighted by Crippen LogP contribution is -2.49. The highest BCUT2D eigenvalue weighted by Gasteiger charge is 2.32. The Balaban J connectivity index is 1.43. The molecule has 194 valence electrons. The molecule has 35 heavy (non-hydrogen) atoms. The third-order valence-corrected chi connectivity index (χ3v) is 10.6. The lowest BCUT2D eigenvalue weighted by atomic mass is 9.98. The molecule has 2 fully saturated rings. The molecule has 10 heteroatoms. The number of rotatable bonds is 7. The minimum atomic E-state index is -3.65. The van der Waals surface area contributed by atoms with Gasteiger partial charge in [-0.25, -0.2) is 8.42 Å². The van der Waals surface area contributed by atoms with Gasteiger partial charge in [0, 0.05) is 43.2 Å². The molecule has 1 aromatic carbocycles. The van der Waals surface area contributed by atoms with Crippen molar-refractivity contribution in [2.75, 3.05) is 43.4 Å². The number of benzene rings is 1. The monoisotopic (exact) mass is 522 g/mol. The van der Waals surface area contributed by atoms with Crippen LogP contribution < -0.4 is 10.2 Å². The van der Waals surface area contributed by atoms with Gasteiger partial charge in [0.15, 0.2) is 0 Å². The fraction of sp³-hybridized carbons (Fsp3) is 0.680. The van der Waals surface area contributed by atoms with Crippen molar-refractivity contribution in [1.82, 2.24) is 14.5 Å². The third-order valence-electron chi connectivity index (χ3n) is 7.62. The Morgan fingerprint density at radius 2 is 1.77 bits per heavy atom. The molecule has 0 saturated carbocycles.